The van der Waals surface area contributed by atoms with Crippen molar-refractivity contribution in [2.24, 2.45) is 0 Å². The van der Waals surface area contributed by atoms with Gasteiger partial charge in [-0.3, -0.25) is 4.90 Å². The van der Waals surface area contributed by atoms with Gasteiger partial charge in [-0.15, -0.1) is 11.3 Å². The summed E-state index contributed by atoms with van der Waals surface area (Å²) < 4.78 is 17.2. The highest BCUT2D eigenvalue weighted by Crippen LogP contribution is 2.41. The minimum Gasteiger partial charge on any atom is -0.298 e. The van der Waals surface area contributed by atoms with Gasteiger partial charge in [0, 0.05) is 17.8 Å². The summed E-state index contributed by atoms with van der Waals surface area (Å²) in [4.78, 5) is 2.06. The zero-order chi connectivity index (χ0) is 14.4. The van der Waals surface area contributed by atoms with E-state index in [2.05, 4.69) is 16.3 Å². The predicted molar refractivity (Wildman–Crippen MR) is 86.5 cm³/mol. The molecule has 1 aliphatic rings. The van der Waals surface area contributed by atoms with Crippen molar-refractivity contribution in [2.75, 3.05) is 13.6 Å². The molecule has 0 radical (unpaired) electrons. The van der Waals surface area contributed by atoms with Crippen LogP contribution in [0.15, 0.2) is 53.9 Å². The Hall–Kier alpha value is -1.71. The molecule has 1 nitrogen and oxygen atoms in total. The lowest BCUT2D eigenvalue weighted by molar-refractivity contribution is 0.121. The molecule has 1 aliphatic heterocycles. The molecule has 0 N–H and O–H groups in total. The number of benzene rings is 2. The maximum Gasteiger partial charge on any atom is 0.173 e. The van der Waals surface area contributed by atoms with Crippen LogP contribution >= 0.6 is 11.3 Å². The van der Waals surface area contributed by atoms with Crippen LogP contribution in [0.2, 0.25) is 0 Å². The summed E-state index contributed by atoms with van der Waals surface area (Å²) in [5, 5.41) is 3.18. The Morgan fingerprint density at radius 1 is 1.14 bits per heavy atom. The van der Waals surface area contributed by atoms with E-state index >= 15 is 4.39 Å². The number of nitrogens with zero attached hydrogens (tertiary/aromatic N) is 1. The third-order valence-corrected chi connectivity index (χ3v) is 5.18. The van der Waals surface area contributed by atoms with Gasteiger partial charge in [0.05, 0.1) is 0 Å². The fourth-order valence-electron chi connectivity index (χ4n) is 3.31. The summed E-state index contributed by atoms with van der Waals surface area (Å²) in [6.07, 6.45) is 0. The Bertz CT molecular complexity index is 810. The molecule has 3 heteroatoms. The lowest BCUT2D eigenvalue weighted by Gasteiger charge is -2.37. The molecular weight excluding hydrogens is 281 g/mol. The molecular formula is C18H16FNS. The molecule has 0 bridgehead atoms. The second-order valence-electron chi connectivity index (χ2n) is 5.80. The third-order valence-electron chi connectivity index (χ3n) is 4.28. The summed E-state index contributed by atoms with van der Waals surface area (Å²) >= 11 is 1.69. The molecule has 0 saturated carbocycles. The lowest BCUT2D eigenvalue weighted by Crippen LogP contribution is -2.41. The molecule has 0 aliphatic carbocycles. The first-order chi connectivity index (χ1) is 10.2. The Balaban J connectivity index is 1.92. The number of hydrogen-bond donors (Lipinski definition) is 0. The molecule has 0 amide bonds. The Kier molecular flexibility index (Phi) is 2.88. The second-order valence-corrected chi connectivity index (χ2v) is 6.75. The molecule has 0 fully saturated rings. The van der Waals surface area contributed by atoms with Crippen molar-refractivity contribution < 1.29 is 4.39 Å². The van der Waals surface area contributed by atoms with Crippen LogP contribution in [0.25, 0.3) is 10.1 Å². The van der Waals surface area contributed by atoms with Gasteiger partial charge in [-0.05, 0) is 52.7 Å². The number of rotatable bonds is 1. The molecule has 3 aromatic rings. The highest BCUT2D eigenvalue weighted by atomic mass is 32.1. The molecule has 0 saturated heterocycles. The quantitative estimate of drug-likeness (QED) is 0.636. The maximum atomic E-state index is 15.9. The first-order valence-corrected chi connectivity index (χ1v) is 7.98. The van der Waals surface area contributed by atoms with Gasteiger partial charge in [0.15, 0.2) is 5.67 Å². The predicted octanol–water partition coefficient (Wildman–Crippen LogP) is 4.56. The third kappa shape index (κ3) is 2.00. The van der Waals surface area contributed by atoms with Crippen molar-refractivity contribution in [2.45, 2.75) is 12.2 Å². The monoisotopic (exact) mass is 297 g/mol. The zero-order valence-corrected chi connectivity index (χ0v) is 12.7. The summed E-state index contributed by atoms with van der Waals surface area (Å²) in [7, 11) is 1.98. The Labute approximate surface area is 127 Å². The van der Waals surface area contributed by atoms with E-state index < -0.39 is 5.67 Å². The molecule has 1 atom stereocenters. The Morgan fingerprint density at radius 3 is 2.90 bits per heavy atom. The van der Waals surface area contributed by atoms with Crippen LogP contribution in [0.4, 0.5) is 4.39 Å². The summed E-state index contributed by atoms with van der Waals surface area (Å²) in [6.45, 7) is 1.21. The number of halogens is 1. The highest BCUT2D eigenvalue weighted by molar-refractivity contribution is 7.17. The summed E-state index contributed by atoms with van der Waals surface area (Å²) in [5.41, 5.74) is 1.23. The SMILES string of the molecule is CN1Cc2ccccc2C(F)(c2ccc3sccc3c2)C1. The molecule has 2 aromatic carbocycles. The second kappa shape index (κ2) is 4.65. The first kappa shape index (κ1) is 13.0. The van der Waals surface area contributed by atoms with Crippen LogP contribution in [-0.4, -0.2) is 18.5 Å². The van der Waals surface area contributed by atoms with Crippen LogP contribution < -0.4 is 0 Å². The van der Waals surface area contributed by atoms with Crippen molar-refractivity contribution >= 4 is 21.4 Å². The number of alkyl halides is 1. The molecule has 2 heterocycles. The van der Waals surface area contributed by atoms with Gasteiger partial charge in [-0.1, -0.05) is 30.3 Å². The van der Waals surface area contributed by atoms with Gasteiger partial charge in [0.2, 0.25) is 0 Å². The van der Waals surface area contributed by atoms with Gasteiger partial charge < -0.3 is 0 Å². The standard InChI is InChI=1S/C18H16FNS/c1-20-11-14-4-2-3-5-16(14)18(19,12-20)15-6-7-17-13(10-15)8-9-21-17/h2-10H,11-12H2,1H3. The van der Waals surface area contributed by atoms with Crippen LogP contribution in [0.1, 0.15) is 16.7 Å². The van der Waals surface area contributed by atoms with Gasteiger partial charge in [0.25, 0.3) is 0 Å². The van der Waals surface area contributed by atoms with Crippen molar-refractivity contribution in [3.63, 3.8) is 0 Å². The molecule has 0 spiro atoms. The maximum absolute atomic E-state index is 15.9. The van der Waals surface area contributed by atoms with Gasteiger partial charge in [-0.25, -0.2) is 4.39 Å². The zero-order valence-electron chi connectivity index (χ0n) is 11.8. The number of likely N-dealkylation sites (N-methyl/N-ethyl adjacent to an activating group) is 1. The largest absolute Gasteiger partial charge is 0.298 e. The average molecular weight is 297 g/mol. The number of hydrogen-bond acceptors (Lipinski definition) is 2. The fraction of sp³-hybridized carbons (Fsp3) is 0.222. The topological polar surface area (TPSA) is 3.24 Å². The van der Waals surface area contributed by atoms with Gasteiger partial charge in [-0.2, -0.15) is 0 Å². The lowest BCUT2D eigenvalue weighted by atomic mass is 9.82. The van der Waals surface area contributed by atoms with E-state index in [1.807, 2.05) is 49.5 Å². The Morgan fingerprint density at radius 2 is 2.00 bits per heavy atom. The smallest absolute Gasteiger partial charge is 0.173 e. The summed E-state index contributed by atoms with van der Waals surface area (Å²) in [6, 6.07) is 15.9. The summed E-state index contributed by atoms with van der Waals surface area (Å²) in [5.74, 6) is 0. The van der Waals surface area contributed by atoms with E-state index in [4.69, 9.17) is 0 Å². The van der Waals surface area contributed by atoms with Crippen LogP contribution in [0.3, 0.4) is 0 Å². The molecule has 1 aromatic heterocycles. The molecule has 4 rings (SSSR count). The van der Waals surface area contributed by atoms with Crippen LogP contribution in [0, 0.1) is 0 Å². The van der Waals surface area contributed by atoms with Gasteiger partial charge in [0.1, 0.15) is 0 Å². The van der Waals surface area contributed by atoms with E-state index in [0.29, 0.717) is 6.54 Å². The van der Waals surface area contributed by atoms with E-state index in [1.54, 1.807) is 11.3 Å². The van der Waals surface area contributed by atoms with Crippen molar-refractivity contribution in [3.05, 3.63) is 70.6 Å². The first-order valence-electron chi connectivity index (χ1n) is 7.10. The van der Waals surface area contributed by atoms with Crippen molar-refractivity contribution in [1.82, 2.24) is 4.90 Å². The number of thiophene rings is 1. The average Bonchev–Trinajstić information content (AvgIpc) is 2.94. The molecule has 21 heavy (non-hydrogen) atoms. The van der Waals surface area contributed by atoms with Crippen molar-refractivity contribution in [1.29, 1.82) is 0 Å². The van der Waals surface area contributed by atoms with E-state index in [9.17, 15) is 0 Å². The molecule has 1 unspecified atom stereocenters. The number of fused-ring (bicyclic) bond motifs is 2. The van der Waals surface area contributed by atoms with E-state index in [0.717, 1.165) is 28.6 Å². The van der Waals surface area contributed by atoms with Crippen molar-refractivity contribution in [3.8, 4) is 0 Å². The van der Waals surface area contributed by atoms with Crippen LogP contribution in [-0.2, 0) is 12.2 Å². The fourth-order valence-corrected chi connectivity index (χ4v) is 4.08. The van der Waals surface area contributed by atoms with E-state index in [-0.39, 0.29) is 0 Å². The molecule has 106 valence electrons. The minimum absolute atomic E-state index is 0.402. The van der Waals surface area contributed by atoms with Crippen LogP contribution in [0.5, 0.6) is 0 Å². The highest BCUT2D eigenvalue weighted by Gasteiger charge is 2.40. The van der Waals surface area contributed by atoms with Gasteiger partial charge >= 0.3 is 0 Å². The van der Waals surface area contributed by atoms with E-state index in [1.165, 1.54) is 4.70 Å². The normalized spacial score (nSPS) is 22.4. The minimum atomic E-state index is -1.43.